The highest BCUT2D eigenvalue weighted by Crippen LogP contribution is 2.27. The smallest absolute Gasteiger partial charge is 0.347 e. The van der Waals surface area contributed by atoms with Crippen molar-refractivity contribution in [3.63, 3.8) is 0 Å². The molecule has 0 aromatic carbocycles. The second kappa shape index (κ2) is 4.37. The molecule has 9 heteroatoms. The van der Waals surface area contributed by atoms with Crippen molar-refractivity contribution in [2.45, 2.75) is 24.5 Å². The molecule has 0 spiro atoms. The largest absolute Gasteiger partial charge is 0.394 e. The lowest BCUT2D eigenvalue weighted by molar-refractivity contribution is -0.0618. The first kappa shape index (κ1) is 11.9. The minimum atomic E-state index is -1.41. The van der Waals surface area contributed by atoms with Crippen LogP contribution >= 0.6 is 0 Å². The average Bonchev–Trinajstić information content (AvgIpc) is 2.57. The van der Waals surface area contributed by atoms with Crippen molar-refractivity contribution in [2.24, 2.45) is 0 Å². The summed E-state index contributed by atoms with van der Waals surface area (Å²) in [5.74, 6) is 0. The van der Waals surface area contributed by atoms with Crippen LogP contribution in [0, 0.1) is 0 Å². The molecule has 1 fully saturated rings. The van der Waals surface area contributed by atoms with Gasteiger partial charge in [0.2, 0.25) is 0 Å². The number of H-pyrrole nitrogens is 1. The monoisotopic (exact) mass is 245 g/mol. The maximum absolute atomic E-state index is 11.4. The SMILES string of the molecule is O=c1cnn([C@H]2O[C@@H](CO)[C@H](O)[C@@H]2O)c(=O)[nH]1. The van der Waals surface area contributed by atoms with Crippen molar-refractivity contribution in [3.05, 3.63) is 27.0 Å². The van der Waals surface area contributed by atoms with Crippen LogP contribution in [0.15, 0.2) is 15.8 Å². The number of aromatic amines is 1. The molecule has 4 N–H and O–H groups in total. The number of nitrogens with zero attached hydrogens (tertiary/aromatic N) is 2. The molecule has 94 valence electrons. The maximum atomic E-state index is 11.4. The Bertz CT molecular complexity index is 510. The fourth-order valence-electron chi connectivity index (χ4n) is 1.63. The first-order valence-corrected chi connectivity index (χ1v) is 4.85. The van der Waals surface area contributed by atoms with Crippen LogP contribution in [0.1, 0.15) is 6.23 Å². The molecule has 0 bridgehead atoms. The van der Waals surface area contributed by atoms with Crippen LogP contribution in [0.4, 0.5) is 0 Å². The van der Waals surface area contributed by atoms with Crippen LogP contribution in [0.3, 0.4) is 0 Å². The molecule has 0 aliphatic carbocycles. The van der Waals surface area contributed by atoms with Crippen molar-refractivity contribution in [3.8, 4) is 0 Å². The van der Waals surface area contributed by atoms with Gasteiger partial charge in [0.1, 0.15) is 24.5 Å². The third-order valence-corrected chi connectivity index (χ3v) is 2.50. The van der Waals surface area contributed by atoms with Crippen molar-refractivity contribution >= 4 is 0 Å². The van der Waals surface area contributed by atoms with Crippen molar-refractivity contribution in [2.75, 3.05) is 6.61 Å². The molecule has 1 aliphatic heterocycles. The maximum Gasteiger partial charge on any atom is 0.347 e. The second-order valence-electron chi connectivity index (χ2n) is 3.61. The predicted octanol–water partition coefficient (Wildman–Crippen LogP) is -3.46. The molecule has 0 radical (unpaired) electrons. The molecule has 0 amide bonds. The van der Waals surface area contributed by atoms with E-state index in [0.717, 1.165) is 6.20 Å². The molecule has 0 unspecified atom stereocenters. The van der Waals surface area contributed by atoms with Gasteiger partial charge < -0.3 is 20.1 Å². The first-order valence-electron chi connectivity index (χ1n) is 4.85. The van der Waals surface area contributed by atoms with Gasteiger partial charge in [-0.05, 0) is 0 Å². The normalized spacial score (nSPS) is 32.9. The topological polar surface area (TPSA) is 138 Å². The zero-order valence-corrected chi connectivity index (χ0v) is 8.55. The van der Waals surface area contributed by atoms with Gasteiger partial charge in [0, 0.05) is 0 Å². The lowest BCUT2D eigenvalue weighted by Gasteiger charge is -2.14. The number of ether oxygens (including phenoxy) is 1. The zero-order chi connectivity index (χ0) is 12.6. The van der Waals surface area contributed by atoms with Crippen molar-refractivity contribution < 1.29 is 20.1 Å². The van der Waals surface area contributed by atoms with E-state index in [1.54, 1.807) is 0 Å². The lowest BCUT2D eigenvalue weighted by atomic mass is 10.1. The number of aliphatic hydroxyl groups excluding tert-OH is 3. The summed E-state index contributed by atoms with van der Waals surface area (Å²) in [5.41, 5.74) is -1.55. The summed E-state index contributed by atoms with van der Waals surface area (Å²) in [6, 6.07) is 0. The Morgan fingerprint density at radius 3 is 2.65 bits per heavy atom. The van der Waals surface area contributed by atoms with Gasteiger partial charge in [-0.3, -0.25) is 9.78 Å². The zero-order valence-electron chi connectivity index (χ0n) is 8.55. The number of rotatable bonds is 2. The van der Waals surface area contributed by atoms with Crippen LogP contribution in [0.2, 0.25) is 0 Å². The fraction of sp³-hybridized carbons (Fsp3) is 0.625. The number of hydrogen-bond donors (Lipinski definition) is 4. The molecule has 1 aromatic rings. The van der Waals surface area contributed by atoms with Gasteiger partial charge in [-0.1, -0.05) is 0 Å². The van der Waals surface area contributed by atoms with Crippen LogP contribution < -0.4 is 11.2 Å². The Balaban J connectivity index is 2.35. The summed E-state index contributed by atoms with van der Waals surface area (Å²) in [6.07, 6.45) is -4.15. The van der Waals surface area contributed by atoms with Crippen LogP contribution in [0.25, 0.3) is 0 Å². The van der Waals surface area contributed by atoms with E-state index in [2.05, 4.69) is 5.10 Å². The quantitative estimate of drug-likeness (QED) is 0.425. The van der Waals surface area contributed by atoms with Gasteiger partial charge in [0.25, 0.3) is 5.56 Å². The molecule has 0 saturated carbocycles. The van der Waals surface area contributed by atoms with E-state index >= 15 is 0 Å². The van der Waals surface area contributed by atoms with E-state index in [9.17, 15) is 19.8 Å². The Labute approximate surface area is 93.9 Å². The van der Waals surface area contributed by atoms with Crippen molar-refractivity contribution in [1.82, 2.24) is 14.8 Å². The lowest BCUT2D eigenvalue weighted by Crippen LogP contribution is -2.39. The predicted molar refractivity (Wildman–Crippen MR) is 52.1 cm³/mol. The number of aliphatic hydroxyl groups is 3. The molecule has 1 aliphatic rings. The van der Waals surface area contributed by atoms with Gasteiger partial charge in [0.15, 0.2) is 6.23 Å². The summed E-state index contributed by atoms with van der Waals surface area (Å²) in [4.78, 5) is 24.1. The highest BCUT2D eigenvalue weighted by atomic mass is 16.6. The van der Waals surface area contributed by atoms with E-state index in [1.165, 1.54) is 0 Å². The van der Waals surface area contributed by atoms with Crippen LogP contribution in [0.5, 0.6) is 0 Å². The molecule has 4 atom stereocenters. The molecular weight excluding hydrogens is 234 g/mol. The van der Waals surface area contributed by atoms with E-state index in [4.69, 9.17) is 9.84 Å². The van der Waals surface area contributed by atoms with Gasteiger partial charge in [-0.15, -0.1) is 0 Å². The van der Waals surface area contributed by atoms with Gasteiger partial charge in [-0.25, -0.2) is 4.79 Å². The van der Waals surface area contributed by atoms with Crippen molar-refractivity contribution in [1.29, 1.82) is 0 Å². The number of hydrogen-bond acceptors (Lipinski definition) is 7. The van der Waals surface area contributed by atoms with Gasteiger partial charge in [-0.2, -0.15) is 9.78 Å². The highest BCUT2D eigenvalue weighted by molar-refractivity contribution is 4.88. The van der Waals surface area contributed by atoms with E-state index in [1.807, 2.05) is 4.98 Å². The summed E-state index contributed by atoms with van der Waals surface area (Å²) in [5, 5.41) is 31.5. The highest BCUT2D eigenvalue weighted by Gasteiger charge is 2.44. The van der Waals surface area contributed by atoms with Crippen LogP contribution in [-0.4, -0.2) is 55.0 Å². The first-order chi connectivity index (χ1) is 8.04. The molecular formula is C8H11N3O6. The molecule has 2 rings (SSSR count). The molecule has 17 heavy (non-hydrogen) atoms. The standard InChI is InChI=1S/C8H11N3O6/c12-2-3-5(14)6(15)7(17-3)11-8(16)10-4(13)1-9-11/h1,3,5-7,12,14-15H,2H2,(H,10,13,16)/t3-,5-,6-,7-/m0/s1. The van der Waals surface area contributed by atoms with Gasteiger partial charge in [0.05, 0.1) is 6.61 Å². The van der Waals surface area contributed by atoms with Gasteiger partial charge >= 0.3 is 5.69 Å². The van der Waals surface area contributed by atoms with Crippen LogP contribution in [-0.2, 0) is 4.74 Å². The van der Waals surface area contributed by atoms with E-state index in [-0.39, 0.29) is 0 Å². The summed E-state index contributed by atoms with van der Waals surface area (Å²) in [6.45, 7) is -0.507. The fourth-order valence-corrected chi connectivity index (χ4v) is 1.63. The Hall–Kier alpha value is -1.55. The third-order valence-electron chi connectivity index (χ3n) is 2.50. The van der Waals surface area contributed by atoms with E-state index in [0.29, 0.717) is 4.68 Å². The Morgan fingerprint density at radius 1 is 1.41 bits per heavy atom. The Kier molecular flexibility index (Phi) is 3.07. The summed E-state index contributed by atoms with van der Waals surface area (Å²) >= 11 is 0. The number of aromatic nitrogens is 3. The molecule has 1 saturated heterocycles. The number of nitrogens with one attached hydrogen (secondary N) is 1. The molecule has 1 aromatic heterocycles. The Morgan fingerprint density at radius 2 is 2.12 bits per heavy atom. The minimum absolute atomic E-state index is 0.507. The van der Waals surface area contributed by atoms with E-state index < -0.39 is 42.4 Å². The molecule has 2 heterocycles. The minimum Gasteiger partial charge on any atom is -0.394 e. The average molecular weight is 245 g/mol. The summed E-state index contributed by atoms with van der Waals surface area (Å²) < 4.78 is 5.77. The molecule has 9 nitrogen and oxygen atoms in total. The third kappa shape index (κ3) is 2.00. The summed E-state index contributed by atoms with van der Waals surface area (Å²) in [7, 11) is 0. The second-order valence-corrected chi connectivity index (χ2v) is 3.61.